The summed E-state index contributed by atoms with van der Waals surface area (Å²) >= 11 is 0. The lowest BCUT2D eigenvalue weighted by Gasteiger charge is -2.13. The fraction of sp³-hybridized carbons (Fsp3) is 0.533. The molecule has 0 bridgehead atoms. The Labute approximate surface area is 131 Å². The number of benzene rings is 1. The molecular formula is C15H23ClN2O3. The highest BCUT2D eigenvalue weighted by molar-refractivity contribution is 5.94. The number of carbonyl (C=O) groups is 1. The van der Waals surface area contributed by atoms with Crippen molar-refractivity contribution in [3.63, 3.8) is 0 Å². The third-order valence-corrected chi connectivity index (χ3v) is 3.31. The molecule has 0 spiro atoms. The van der Waals surface area contributed by atoms with Crippen LogP contribution in [-0.4, -0.2) is 37.8 Å². The lowest BCUT2D eigenvalue weighted by molar-refractivity contribution is 0.0679. The Morgan fingerprint density at radius 1 is 1.48 bits per heavy atom. The molecule has 0 radical (unpaired) electrons. The van der Waals surface area contributed by atoms with Gasteiger partial charge in [-0.2, -0.15) is 0 Å². The van der Waals surface area contributed by atoms with E-state index in [1.165, 1.54) is 0 Å². The van der Waals surface area contributed by atoms with Crippen LogP contribution in [0.5, 0.6) is 5.75 Å². The second-order valence-corrected chi connectivity index (χ2v) is 5.08. The first-order valence-corrected chi connectivity index (χ1v) is 7.04. The Morgan fingerprint density at radius 2 is 2.19 bits per heavy atom. The summed E-state index contributed by atoms with van der Waals surface area (Å²) in [4.78, 5) is 11.9. The first-order chi connectivity index (χ1) is 9.69. The van der Waals surface area contributed by atoms with E-state index >= 15 is 0 Å². The maximum atomic E-state index is 11.9. The summed E-state index contributed by atoms with van der Waals surface area (Å²) in [6.45, 7) is 3.69. The third kappa shape index (κ3) is 5.53. The molecule has 3 N–H and O–H groups in total. The van der Waals surface area contributed by atoms with Crippen molar-refractivity contribution in [3.05, 3.63) is 29.8 Å². The van der Waals surface area contributed by atoms with Gasteiger partial charge in [-0.1, -0.05) is 0 Å². The van der Waals surface area contributed by atoms with Crippen LogP contribution in [0.15, 0.2) is 24.3 Å². The standard InChI is InChI=1S/C15H22N2O3.ClH/c1-11(9-16)17-15(18)12-4-6-13(7-5-12)20-10-14-3-2-8-19-14;/h4-7,11,14H,2-3,8-10,16H2,1H3,(H,17,18);1H/t11-,14?;/m0./s1. The number of hydrogen-bond acceptors (Lipinski definition) is 4. The van der Waals surface area contributed by atoms with Crippen LogP contribution >= 0.6 is 12.4 Å². The van der Waals surface area contributed by atoms with Crippen molar-refractivity contribution in [2.75, 3.05) is 19.8 Å². The summed E-state index contributed by atoms with van der Waals surface area (Å²) in [6, 6.07) is 7.08. The third-order valence-electron chi connectivity index (χ3n) is 3.31. The van der Waals surface area contributed by atoms with Gasteiger partial charge >= 0.3 is 0 Å². The smallest absolute Gasteiger partial charge is 0.251 e. The van der Waals surface area contributed by atoms with Crippen LogP contribution < -0.4 is 15.8 Å². The maximum absolute atomic E-state index is 11.9. The summed E-state index contributed by atoms with van der Waals surface area (Å²) in [7, 11) is 0. The number of nitrogens with two attached hydrogens (primary N) is 1. The number of hydrogen-bond donors (Lipinski definition) is 2. The van der Waals surface area contributed by atoms with Crippen molar-refractivity contribution in [1.82, 2.24) is 5.32 Å². The van der Waals surface area contributed by atoms with Crippen molar-refractivity contribution in [1.29, 1.82) is 0 Å². The van der Waals surface area contributed by atoms with Crippen LogP contribution in [0.4, 0.5) is 0 Å². The molecule has 1 aromatic carbocycles. The maximum Gasteiger partial charge on any atom is 0.251 e. The Morgan fingerprint density at radius 3 is 2.76 bits per heavy atom. The van der Waals surface area contributed by atoms with Crippen LogP contribution in [0.2, 0.25) is 0 Å². The van der Waals surface area contributed by atoms with Gasteiger partial charge in [0.15, 0.2) is 0 Å². The minimum atomic E-state index is -0.117. The van der Waals surface area contributed by atoms with Gasteiger partial charge < -0.3 is 20.5 Å². The van der Waals surface area contributed by atoms with Gasteiger partial charge in [-0.15, -0.1) is 12.4 Å². The van der Waals surface area contributed by atoms with E-state index in [9.17, 15) is 4.79 Å². The van der Waals surface area contributed by atoms with E-state index in [-0.39, 0.29) is 30.5 Å². The first-order valence-electron chi connectivity index (χ1n) is 7.04. The summed E-state index contributed by atoms with van der Waals surface area (Å²) in [5.41, 5.74) is 6.08. The molecule has 1 aromatic rings. The van der Waals surface area contributed by atoms with Gasteiger partial charge in [-0.3, -0.25) is 4.79 Å². The fourth-order valence-electron chi connectivity index (χ4n) is 2.03. The second kappa shape index (κ2) is 8.87. The number of carbonyl (C=O) groups excluding carboxylic acids is 1. The van der Waals surface area contributed by atoms with Crippen molar-refractivity contribution < 1.29 is 14.3 Å². The Bertz CT molecular complexity index is 433. The normalized spacial score (nSPS) is 18.7. The zero-order valence-corrected chi connectivity index (χ0v) is 13.0. The molecule has 0 aromatic heterocycles. The average Bonchev–Trinajstić information content (AvgIpc) is 2.98. The van der Waals surface area contributed by atoms with E-state index in [2.05, 4.69) is 5.32 Å². The van der Waals surface area contributed by atoms with Crippen LogP contribution in [0.25, 0.3) is 0 Å². The average molecular weight is 315 g/mol. The largest absolute Gasteiger partial charge is 0.491 e. The summed E-state index contributed by atoms with van der Waals surface area (Å²) in [5.74, 6) is 0.637. The van der Waals surface area contributed by atoms with E-state index in [0.717, 1.165) is 25.2 Å². The van der Waals surface area contributed by atoms with Gasteiger partial charge in [0.1, 0.15) is 12.4 Å². The molecule has 118 valence electrons. The first kappa shape index (κ1) is 17.8. The molecule has 6 heteroatoms. The number of amides is 1. The van der Waals surface area contributed by atoms with Gasteiger partial charge in [-0.05, 0) is 44.0 Å². The molecule has 2 rings (SSSR count). The molecule has 1 fully saturated rings. The molecule has 1 amide bonds. The summed E-state index contributed by atoms with van der Waals surface area (Å²) in [6.07, 6.45) is 2.35. The number of halogens is 1. The summed E-state index contributed by atoms with van der Waals surface area (Å²) < 4.78 is 11.1. The highest BCUT2D eigenvalue weighted by Gasteiger charge is 2.16. The Balaban J connectivity index is 0.00000220. The van der Waals surface area contributed by atoms with Crippen LogP contribution in [0, 0.1) is 0 Å². The highest BCUT2D eigenvalue weighted by atomic mass is 35.5. The molecule has 0 saturated carbocycles. The van der Waals surface area contributed by atoms with E-state index in [0.29, 0.717) is 18.7 Å². The van der Waals surface area contributed by atoms with Crippen LogP contribution in [0.3, 0.4) is 0 Å². The van der Waals surface area contributed by atoms with Crippen molar-refractivity contribution in [2.45, 2.75) is 31.9 Å². The van der Waals surface area contributed by atoms with Crippen LogP contribution in [-0.2, 0) is 4.74 Å². The zero-order valence-electron chi connectivity index (χ0n) is 12.2. The van der Waals surface area contributed by atoms with E-state index in [4.69, 9.17) is 15.2 Å². The molecule has 1 unspecified atom stereocenters. The quantitative estimate of drug-likeness (QED) is 0.839. The van der Waals surface area contributed by atoms with Crippen molar-refractivity contribution >= 4 is 18.3 Å². The van der Waals surface area contributed by atoms with Gasteiger partial charge in [0.05, 0.1) is 6.10 Å². The lowest BCUT2D eigenvalue weighted by Crippen LogP contribution is -2.37. The molecule has 21 heavy (non-hydrogen) atoms. The minimum absolute atomic E-state index is 0. The van der Waals surface area contributed by atoms with Crippen molar-refractivity contribution in [3.8, 4) is 5.75 Å². The molecule has 1 heterocycles. The molecule has 0 aliphatic carbocycles. The molecule has 5 nitrogen and oxygen atoms in total. The van der Waals surface area contributed by atoms with E-state index in [1.54, 1.807) is 24.3 Å². The van der Waals surface area contributed by atoms with Gasteiger partial charge in [0.2, 0.25) is 0 Å². The molecule has 1 saturated heterocycles. The second-order valence-electron chi connectivity index (χ2n) is 5.08. The molecule has 1 aliphatic rings. The Kier molecular flexibility index (Phi) is 7.50. The highest BCUT2D eigenvalue weighted by Crippen LogP contribution is 2.16. The number of nitrogens with one attached hydrogen (secondary N) is 1. The van der Waals surface area contributed by atoms with E-state index in [1.807, 2.05) is 6.92 Å². The van der Waals surface area contributed by atoms with E-state index < -0.39 is 0 Å². The van der Waals surface area contributed by atoms with Crippen molar-refractivity contribution in [2.24, 2.45) is 5.73 Å². The van der Waals surface area contributed by atoms with Gasteiger partial charge in [-0.25, -0.2) is 0 Å². The number of ether oxygens (including phenoxy) is 2. The fourth-order valence-corrected chi connectivity index (χ4v) is 2.03. The summed E-state index contributed by atoms with van der Waals surface area (Å²) in [5, 5.41) is 2.82. The van der Waals surface area contributed by atoms with Gasteiger partial charge in [0, 0.05) is 24.8 Å². The van der Waals surface area contributed by atoms with Crippen LogP contribution in [0.1, 0.15) is 30.1 Å². The Hall–Kier alpha value is -1.30. The minimum Gasteiger partial charge on any atom is -0.491 e. The zero-order chi connectivity index (χ0) is 14.4. The SMILES string of the molecule is C[C@@H](CN)NC(=O)c1ccc(OCC2CCCO2)cc1.Cl. The molecule has 2 atom stereocenters. The number of rotatable bonds is 6. The predicted molar refractivity (Wildman–Crippen MR) is 84.1 cm³/mol. The molecular weight excluding hydrogens is 292 g/mol. The van der Waals surface area contributed by atoms with Gasteiger partial charge in [0.25, 0.3) is 5.91 Å². The lowest BCUT2D eigenvalue weighted by atomic mass is 10.2. The monoisotopic (exact) mass is 314 g/mol. The molecule has 1 aliphatic heterocycles. The topological polar surface area (TPSA) is 73.6 Å². The predicted octanol–water partition coefficient (Wildman–Crippen LogP) is 1.74.